The summed E-state index contributed by atoms with van der Waals surface area (Å²) in [5, 5.41) is 5.63. The molecule has 0 aliphatic carbocycles. The molecule has 0 saturated carbocycles. The summed E-state index contributed by atoms with van der Waals surface area (Å²) in [6, 6.07) is 7.93. The van der Waals surface area contributed by atoms with E-state index in [2.05, 4.69) is 10.6 Å². The van der Waals surface area contributed by atoms with Crippen LogP contribution in [-0.2, 0) is 26.2 Å². The zero-order valence-corrected chi connectivity index (χ0v) is 15.8. The van der Waals surface area contributed by atoms with E-state index in [9.17, 15) is 18.0 Å². The highest BCUT2D eigenvalue weighted by Crippen LogP contribution is 2.23. The predicted molar refractivity (Wildman–Crippen MR) is 97.3 cm³/mol. The number of furan rings is 1. The van der Waals surface area contributed by atoms with Crippen LogP contribution < -0.4 is 10.6 Å². The summed E-state index contributed by atoms with van der Waals surface area (Å²) in [5.74, 6) is -0.404. The lowest BCUT2D eigenvalue weighted by atomic mass is 10.1. The molecule has 1 aromatic carbocycles. The van der Waals surface area contributed by atoms with E-state index in [0.717, 1.165) is 4.31 Å². The van der Waals surface area contributed by atoms with Crippen molar-refractivity contribution < 1.29 is 22.4 Å². The van der Waals surface area contributed by atoms with Crippen LogP contribution in [0, 0.1) is 0 Å². The lowest BCUT2D eigenvalue weighted by Crippen LogP contribution is -2.58. The van der Waals surface area contributed by atoms with Crippen LogP contribution in [0.2, 0.25) is 5.02 Å². The first kappa shape index (κ1) is 19.4. The van der Waals surface area contributed by atoms with Gasteiger partial charge in [0.1, 0.15) is 11.8 Å². The molecule has 0 radical (unpaired) electrons. The monoisotopic (exact) mass is 411 g/mol. The number of amides is 2. The van der Waals surface area contributed by atoms with Crippen molar-refractivity contribution >= 4 is 33.4 Å². The summed E-state index contributed by atoms with van der Waals surface area (Å²) in [4.78, 5) is 24.5. The van der Waals surface area contributed by atoms with Crippen molar-refractivity contribution in [1.82, 2.24) is 14.9 Å². The number of halogens is 1. The average molecular weight is 412 g/mol. The van der Waals surface area contributed by atoms with E-state index in [4.69, 9.17) is 16.0 Å². The van der Waals surface area contributed by atoms with Crippen molar-refractivity contribution in [3.63, 3.8) is 0 Å². The smallest absolute Gasteiger partial charge is 0.243 e. The number of hydrogen-bond acceptors (Lipinski definition) is 5. The maximum absolute atomic E-state index is 12.9. The molecule has 2 heterocycles. The van der Waals surface area contributed by atoms with E-state index >= 15 is 0 Å². The van der Waals surface area contributed by atoms with Crippen LogP contribution in [-0.4, -0.2) is 43.7 Å². The Morgan fingerprint density at radius 1 is 1.30 bits per heavy atom. The van der Waals surface area contributed by atoms with E-state index in [1.54, 1.807) is 12.1 Å². The molecule has 2 N–H and O–H groups in total. The summed E-state index contributed by atoms with van der Waals surface area (Å²) < 4.78 is 32.1. The molecule has 1 saturated heterocycles. The molecule has 3 rings (SSSR count). The van der Waals surface area contributed by atoms with Gasteiger partial charge in [-0.25, -0.2) is 8.42 Å². The fourth-order valence-electron chi connectivity index (χ4n) is 2.76. The maximum Gasteiger partial charge on any atom is 0.243 e. The molecule has 0 bridgehead atoms. The lowest BCUT2D eigenvalue weighted by Gasteiger charge is -2.33. The van der Waals surface area contributed by atoms with E-state index in [-0.39, 0.29) is 31.0 Å². The van der Waals surface area contributed by atoms with Crippen LogP contribution in [0.4, 0.5) is 0 Å². The second kappa shape index (κ2) is 8.12. The van der Waals surface area contributed by atoms with Crippen LogP contribution in [0.25, 0.3) is 0 Å². The van der Waals surface area contributed by atoms with Crippen molar-refractivity contribution in [2.45, 2.75) is 23.9 Å². The molecule has 8 nitrogen and oxygen atoms in total. The van der Waals surface area contributed by atoms with Crippen molar-refractivity contribution in [2.75, 3.05) is 13.1 Å². The van der Waals surface area contributed by atoms with Gasteiger partial charge in [-0.15, -0.1) is 0 Å². The first-order valence-corrected chi connectivity index (χ1v) is 10.0. The van der Waals surface area contributed by atoms with Gasteiger partial charge in [-0.2, -0.15) is 4.31 Å². The quantitative estimate of drug-likeness (QED) is 0.740. The number of carbonyl (C=O) groups is 2. The van der Waals surface area contributed by atoms with E-state index in [0.29, 0.717) is 10.8 Å². The van der Waals surface area contributed by atoms with Gasteiger partial charge in [-0.05, 0) is 36.4 Å². The van der Waals surface area contributed by atoms with Gasteiger partial charge in [-0.1, -0.05) is 11.6 Å². The predicted octanol–water partition coefficient (Wildman–Crippen LogP) is 1.13. The molecule has 2 amide bonds. The van der Waals surface area contributed by atoms with Gasteiger partial charge in [0.15, 0.2) is 0 Å². The van der Waals surface area contributed by atoms with Crippen LogP contribution in [0.15, 0.2) is 52.0 Å². The SMILES string of the molecule is O=C(CC1C(=O)NCCN1S(=O)(=O)c1ccc(Cl)cc1)NCc1ccco1. The van der Waals surface area contributed by atoms with Crippen LogP contribution in [0.5, 0.6) is 0 Å². The fraction of sp³-hybridized carbons (Fsp3) is 0.294. The van der Waals surface area contributed by atoms with Gasteiger partial charge in [0, 0.05) is 18.1 Å². The minimum atomic E-state index is -3.95. The number of carbonyl (C=O) groups excluding carboxylic acids is 2. The minimum Gasteiger partial charge on any atom is -0.467 e. The van der Waals surface area contributed by atoms with Gasteiger partial charge in [0.05, 0.1) is 24.1 Å². The minimum absolute atomic E-state index is 0.0163. The zero-order valence-electron chi connectivity index (χ0n) is 14.2. The molecule has 144 valence electrons. The molecule has 10 heteroatoms. The Kier molecular flexibility index (Phi) is 5.83. The highest BCUT2D eigenvalue weighted by Gasteiger charge is 2.39. The number of hydrogen-bond donors (Lipinski definition) is 2. The third kappa shape index (κ3) is 4.49. The topological polar surface area (TPSA) is 109 Å². The van der Waals surface area contributed by atoms with E-state index in [1.807, 2.05) is 0 Å². The summed E-state index contributed by atoms with van der Waals surface area (Å²) in [7, 11) is -3.95. The van der Waals surface area contributed by atoms with Gasteiger partial charge in [-0.3, -0.25) is 9.59 Å². The highest BCUT2D eigenvalue weighted by molar-refractivity contribution is 7.89. The van der Waals surface area contributed by atoms with E-state index < -0.39 is 27.9 Å². The number of rotatable bonds is 6. The van der Waals surface area contributed by atoms with E-state index in [1.165, 1.54) is 30.5 Å². The Bertz CT molecular complexity index is 913. The van der Waals surface area contributed by atoms with Crippen molar-refractivity contribution in [3.05, 3.63) is 53.4 Å². The molecule has 2 aromatic rings. The van der Waals surface area contributed by atoms with Crippen LogP contribution in [0.1, 0.15) is 12.2 Å². The third-order valence-corrected chi connectivity index (χ3v) is 6.29. The molecule has 1 fully saturated rings. The Morgan fingerprint density at radius 2 is 2.04 bits per heavy atom. The lowest BCUT2D eigenvalue weighted by molar-refractivity contribution is -0.131. The summed E-state index contributed by atoms with van der Waals surface area (Å²) in [5.41, 5.74) is 0. The third-order valence-electron chi connectivity index (χ3n) is 4.12. The molecule has 1 aromatic heterocycles. The second-order valence-electron chi connectivity index (χ2n) is 5.94. The van der Waals surface area contributed by atoms with Crippen molar-refractivity contribution in [3.8, 4) is 0 Å². The van der Waals surface area contributed by atoms with Crippen LogP contribution in [0.3, 0.4) is 0 Å². The first-order chi connectivity index (χ1) is 12.9. The van der Waals surface area contributed by atoms with Gasteiger partial charge >= 0.3 is 0 Å². The Hall–Kier alpha value is -2.36. The molecule has 27 heavy (non-hydrogen) atoms. The number of nitrogens with zero attached hydrogens (tertiary/aromatic N) is 1. The molecular weight excluding hydrogens is 394 g/mol. The molecule has 0 spiro atoms. The van der Waals surface area contributed by atoms with Crippen molar-refractivity contribution in [1.29, 1.82) is 0 Å². The molecular formula is C17H18ClN3O5S. The molecule has 1 atom stereocenters. The molecule has 1 aliphatic rings. The fourth-order valence-corrected chi connectivity index (χ4v) is 4.48. The van der Waals surface area contributed by atoms with Crippen molar-refractivity contribution in [2.24, 2.45) is 0 Å². The zero-order chi connectivity index (χ0) is 19.4. The Balaban J connectivity index is 1.75. The summed E-state index contributed by atoms with van der Waals surface area (Å²) >= 11 is 5.81. The Morgan fingerprint density at radius 3 is 2.70 bits per heavy atom. The number of sulfonamides is 1. The summed E-state index contributed by atoms with van der Waals surface area (Å²) in [6.07, 6.45) is 1.19. The van der Waals surface area contributed by atoms with Gasteiger partial charge < -0.3 is 15.1 Å². The maximum atomic E-state index is 12.9. The normalized spacial score (nSPS) is 18.1. The first-order valence-electron chi connectivity index (χ1n) is 8.22. The standard InChI is InChI=1S/C17H18ClN3O5S/c18-12-3-5-14(6-4-12)27(24,25)21-8-7-19-17(23)15(21)10-16(22)20-11-13-2-1-9-26-13/h1-6,9,15H,7-8,10-11H2,(H,19,23)(H,20,22). The number of piperazine rings is 1. The molecule has 1 aliphatic heterocycles. The second-order valence-corrected chi connectivity index (χ2v) is 8.26. The average Bonchev–Trinajstić information content (AvgIpc) is 3.15. The van der Waals surface area contributed by atoms with Gasteiger partial charge in [0.2, 0.25) is 21.8 Å². The molecule has 1 unspecified atom stereocenters. The van der Waals surface area contributed by atoms with Gasteiger partial charge in [0.25, 0.3) is 0 Å². The van der Waals surface area contributed by atoms with Crippen LogP contribution >= 0.6 is 11.6 Å². The Labute approximate surface area is 161 Å². The number of nitrogens with one attached hydrogen (secondary N) is 2. The summed E-state index contributed by atoms with van der Waals surface area (Å²) in [6.45, 7) is 0.410. The number of benzene rings is 1. The highest BCUT2D eigenvalue weighted by atomic mass is 35.5. The largest absolute Gasteiger partial charge is 0.467 e.